The lowest BCUT2D eigenvalue weighted by Crippen LogP contribution is -2.34. The number of hydrogen-bond acceptors (Lipinski definition) is 5. The minimum absolute atomic E-state index is 0.148. The molecule has 1 amide bonds. The fraction of sp³-hybridized carbons (Fsp3) is 0.0370. The van der Waals surface area contributed by atoms with Crippen molar-refractivity contribution in [2.45, 2.75) is 6.61 Å². The summed E-state index contributed by atoms with van der Waals surface area (Å²) in [5, 5.41) is 14.6. The van der Waals surface area contributed by atoms with Gasteiger partial charge in [0.05, 0.1) is 5.69 Å². The van der Waals surface area contributed by atoms with E-state index in [0.717, 1.165) is 5.56 Å². The zero-order chi connectivity index (χ0) is 24.9. The lowest BCUT2D eigenvalue weighted by atomic mass is 10.2. The molecule has 0 saturated carbocycles. The standard InChI is InChI=1S/C27H20FN5O2S/c28-20-8-11-22(12-9-20)33-31-24-15-10-21(16-25(24)32-33)29-27(36)30-26(34)19-6-13-23(14-7-19)35-17-18-4-2-1-3-5-18/h1-16H,17H2,(H2,29,30,34,36). The Morgan fingerprint density at radius 1 is 0.889 bits per heavy atom. The zero-order valence-electron chi connectivity index (χ0n) is 18.9. The summed E-state index contributed by atoms with van der Waals surface area (Å²) in [6, 6.07) is 27.9. The first kappa shape index (κ1) is 23.1. The van der Waals surface area contributed by atoms with Crippen LogP contribution in [0.4, 0.5) is 10.1 Å². The number of aromatic nitrogens is 3. The van der Waals surface area contributed by atoms with E-state index in [9.17, 15) is 9.18 Å². The van der Waals surface area contributed by atoms with Crippen molar-refractivity contribution < 1.29 is 13.9 Å². The van der Waals surface area contributed by atoms with E-state index in [0.29, 0.717) is 40.3 Å². The number of nitrogens with one attached hydrogen (secondary N) is 2. The molecule has 0 atom stereocenters. The van der Waals surface area contributed by atoms with Crippen molar-refractivity contribution in [1.82, 2.24) is 20.3 Å². The number of hydrogen-bond donors (Lipinski definition) is 2. The SMILES string of the molecule is O=C(NC(=S)Nc1ccc2nn(-c3ccc(F)cc3)nc2c1)c1ccc(OCc2ccccc2)cc1. The molecule has 0 spiro atoms. The predicted molar refractivity (Wildman–Crippen MR) is 140 cm³/mol. The second kappa shape index (κ2) is 10.3. The Labute approximate surface area is 211 Å². The fourth-order valence-electron chi connectivity index (χ4n) is 3.46. The van der Waals surface area contributed by atoms with Crippen LogP contribution in [-0.4, -0.2) is 26.0 Å². The second-order valence-corrected chi connectivity index (χ2v) is 8.28. The van der Waals surface area contributed by atoms with Crippen molar-refractivity contribution in [3.05, 3.63) is 114 Å². The summed E-state index contributed by atoms with van der Waals surface area (Å²) in [5.74, 6) is -0.00613. The molecule has 0 radical (unpaired) electrons. The molecule has 4 aromatic carbocycles. The molecule has 36 heavy (non-hydrogen) atoms. The van der Waals surface area contributed by atoms with Crippen molar-refractivity contribution >= 4 is 40.0 Å². The summed E-state index contributed by atoms with van der Waals surface area (Å²) in [4.78, 5) is 14.0. The van der Waals surface area contributed by atoms with Gasteiger partial charge in [0.2, 0.25) is 0 Å². The van der Waals surface area contributed by atoms with E-state index in [-0.39, 0.29) is 16.8 Å². The smallest absolute Gasteiger partial charge is 0.257 e. The molecular formula is C27H20FN5O2S. The van der Waals surface area contributed by atoms with Gasteiger partial charge in [0.1, 0.15) is 29.2 Å². The van der Waals surface area contributed by atoms with Crippen LogP contribution in [0.15, 0.2) is 97.1 Å². The van der Waals surface area contributed by atoms with Crippen LogP contribution in [-0.2, 0) is 6.61 Å². The highest BCUT2D eigenvalue weighted by atomic mass is 32.1. The maximum atomic E-state index is 13.2. The van der Waals surface area contributed by atoms with E-state index >= 15 is 0 Å². The summed E-state index contributed by atoms with van der Waals surface area (Å²) in [7, 11) is 0. The molecule has 0 unspecified atom stereocenters. The monoisotopic (exact) mass is 497 g/mol. The number of halogens is 1. The molecule has 178 valence electrons. The lowest BCUT2D eigenvalue weighted by molar-refractivity contribution is 0.0977. The number of thiocarbonyl (C=S) groups is 1. The maximum absolute atomic E-state index is 13.2. The summed E-state index contributed by atoms with van der Waals surface area (Å²) in [6.07, 6.45) is 0. The average Bonchev–Trinajstić information content (AvgIpc) is 3.32. The van der Waals surface area contributed by atoms with E-state index in [2.05, 4.69) is 20.8 Å². The normalized spacial score (nSPS) is 10.7. The first-order valence-corrected chi connectivity index (χ1v) is 11.5. The Kier molecular flexibility index (Phi) is 6.63. The first-order chi connectivity index (χ1) is 17.5. The van der Waals surface area contributed by atoms with Crippen LogP contribution in [0.5, 0.6) is 5.75 Å². The molecule has 7 nitrogen and oxygen atoms in total. The number of ether oxygens (including phenoxy) is 1. The van der Waals surface area contributed by atoms with Gasteiger partial charge >= 0.3 is 0 Å². The van der Waals surface area contributed by atoms with E-state index in [1.165, 1.54) is 16.9 Å². The molecule has 1 aromatic heterocycles. The molecule has 0 aliphatic rings. The topological polar surface area (TPSA) is 81.1 Å². The van der Waals surface area contributed by atoms with Gasteiger partial charge in [0.15, 0.2) is 5.11 Å². The largest absolute Gasteiger partial charge is 0.489 e. The van der Waals surface area contributed by atoms with Crippen molar-refractivity contribution in [1.29, 1.82) is 0 Å². The number of rotatable bonds is 6. The van der Waals surface area contributed by atoms with Crippen LogP contribution < -0.4 is 15.4 Å². The minimum atomic E-state index is -0.342. The van der Waals surface area contributed by atoms with Gasteiger partial charge in [-0.25, -0.2) is 4.39 Å². The third-order valence-corrected chi connectivity index (χ3v) is 5.49. The summed E-state index contributed by atoms with van der Waals surface area (Å²) < 4.78 is 18.9. The molecule has 5 aromatic rings. The summed E-state index contributed by atoms with van der Waals surface area (Å²) >= 11 is 5.31. The van der Waals surface area contributed by atoms with Gasteiger partial charge in [-0.2, -0.15) is 4.80 Å². The number of amides is 1. The van der Waals surface area contributed by atoms with Crippen LogP contribution in [0.3, 0.4) is 0 Å². The third kappa shape index (κ3) is 5.53. The fourth-order valence-corrected chi connectivity index (χ4v) is 3.67. The van der Waals surface area contributed by atoms with Crippen molar-refractivity contribution in [2.24, 2.45) is 0 Å². The van der Waals surface area contributed by atoms with Gasteiger partial charge in [-0.3, -0.25) is 10.1 Å². The molecule has 0 fully saturated rings. The highest BCUT2D eigenvalue weighted by Gasteiger charge is 2.10. The number of benzene rings is 4. The first-order valence-electron chi connectivity index (χ1n) is 11.1. The third-order valence-electron chi connectivity index (χ3n) is 5.29. The highest BCUT2D eigenvalue weighted by molar-refractivity contribution is 7.80. The van der Waals surface area contributed by atoms with Crippen molar-refractivity contribution in [3.63, 3.8) is 0 Å². The maximum Gasteiger partial charge on any atom is 0.257 e. The zero-order valence-corrected chi connectivity index (χ0v) is 19.7. The summed E-state index contributed by atoms with van der Waals surface area (Å²) in [5.41, 5.74) is 4.07. The molecule has 1 heterocycles. The predicted octanol–water partition coefficient (Wildman–Crippen LogP) is 5.27. The van der Waals surface area contributed by atoms with Crippen LogP contribution in [0.1, 0.15) is 15.9 Å². The van der Waals surface area contributed by atoms with Crippen LogP contribution >= 0.6 is 12.2 Å². The molecule has 9 heteroatoms. The molecule has 0 bridgehead atoms. The molecule has 2 N–H and O–H groups in total. The average molecular weight is 498 g/mol. The number of fused-ring (bicyclic) bond motifs is 1. The van der Waals surface area contributed by atoms with Gasteiger partial charge in [-0.05, 0) is 84.5 Å². The Hall–Kier alpha value is -4.63. The van der Waals surface area contributed by atoms with E-state index in [1.54, 1.807) is 54.6 Å². The van der Waals surface area contributed by atoms with Crippen LogP contribution in [0.25, 0.3) is 16.7 Å². The summed E-state index contributed by atoms with van der Waals surface area (Å²) in [6.45, 7) is 0.447. The highest BCUT2D eigenvalue weighted by Crippen LogP contribution is 2.18. The van der Waals surface area contributed by atoms with Crippen LogP contribution in [0, 0.1) is 5.82 Å². The molecule has 0 saturated heterocycles. The molecule has 0 aliphatic carbocycles. The van der Waals surface area contributed by atoms with Gasteiger partial charge in [-0.15, -0.1) is 10.2 Å². The van der Waals surface area contributed by atoms with Gasteiger partial charge in [0.25, 0.3) is 5.91 Å². The van der Waals surface area contributed by atoms with E-state index < -0.39 is 0 Å². The Bertz CT molecular complexity index is 1520. The minimum Gasteiger partial charge on any atom is -0.489 e. The second-order valence-electron chi connectivity index (χ2n) is 7.88. The van der Waals surface area contributed by atoms with Crippen LogP contribution in [0.2, 0.25) is 0 Å². The number of carbonyl (C=O) groups is 1. The Balaban J connectivity index is 1.18. The Morgan fingerprint density at radius 3 is 2.36 bits per heavy atom. The number of anilines is 1. The molecule has 5 rings (SSSR count). The lowest BCUT2D eigenvalue weighted by Gasteiger charge is -2.10. The van der Waals surface area contributed by atoms with E-state index in [1.807, 2.05) is 30.3 Å². The van der Waals surface area contributed by atoms with Crippen molar-refractivity contribution in [2.75, 3.05) is 5.32 Å². The van der Waals surface area contributed by atoms with Gasteiger partial charge in [-0.1, -0.05) is 30.3 Å². The molecule has 0 aliphatic heterocycles. The molecular weight excluding hydrogens is 477 g/mol. The van der Waals surface area contributed by atoms with E-state index in [4.69, 9.17) is 17.0 Å². The number of carbonyl (C=O) groups excluding carboxylic acids is 1. The van der Waals surface area contributed by atoms with Gasteiger partial charge < -0.3 is 10.1 Å². The number of nitrogens with zero attached hydrogens (tertiary/aromatic N) is 3. The van der Waals surface area contributed by atoms with Gasteiger partial charge in [0, 0.05) is 11.3 Å². The van der Waals surface area contributed by atoms with Crippen molar-refractivity contribution in [3.8, 4) is 11.4 Å². The quantitative estimate of drug-likeness (QED) is 0.311. The Morgan fingerprint density at radius 2 is 1.61 bits per heavy atom.